The number of nitrogens with zero attached hydrogens (tertiary/aromatic N) is 2. The van der Waals surface area contributed by atoms with Crippen molar-refractivity contribution < 1.29 is 18.7 Å². The number of aryl methyl sites for hydroxylation is 1. The second-order valence-corrected chi connectivity index (χ2v) is 10.7. The molecule has 2 aromatic carbocycles. The lowest BCUT2D eigenvalue weighted by Crippen LogP contribution is -2.48. The number of hydrogen-bond donors (Lipinski definition) is 0. The van der Waals surface area contributed by atoms with E-state index >= 15 is 0 Å². The number of morpholine rings is 1. The minimum absolute atomic E-state index is 0.00776. The van der Waals surface area contributed by atoms with Crippen LogP contribution in [-0.4, -0.2) is 66.2 Å². The van der Waals surface area contributed by atoms with Crippen molar-refractivity contribution in [2.24, 2.45) is 0 Å². The first-order valence-electron chi connectivity index (χ1n) is 13.3. The SMILES string of the molecule is Cc1cc2c(-c3ccccc3)c(C(=O)N3CC(C)OC(C)C3)oc2cc1OC1CCN(C(C)C)CC1. The normalized spacial score (nSPS) is 21.9. The van der Waals surface area contributed by atoms with E-state index in [-0.39, 0.29) is 24.2 Å². The summed E-state index contributed by atoms with van der Waals surface area (Å²) in [4.78, 5) is 18.1. The number of piperidine rings is 1. The number of likely N-dealkylation sites (tertiary alicyclic amines) is 1. The molecule has 3 aromatic rings. The minimum atomic E-state index is -0.0896. The highest BCUT2D eigenvalue weighted by molar-refractivity contribution is 6.08. The summed E-state index contributed by atoms with van der Waals surface area (Å²) in [7, 11) is 0. The van der Waals surface area contributed by atoms with Gasteiger partial charge in [-0.15, -0.1) is 0 Å². The number of ether oxygens (including phenoxy) is 2. The molecule has 0 saturated carbocycles. The first-order valence-corrected chi connectivity index (χ1v) is 13.3. The van der Waals surface area contributed by atoms with Crippen LogP contribution in [0.4, 0.5) is 0 Å². The molecule has 2 aliphatic rings. The van der Waals surface area contributed by atoms with Crippen LogP contribution in [0.3, 0.4) is 0 Å². The Labute approximate surface area is 214 Å². The number of benzene rings is 2. The number of fused-ring (bicyclic) bond motifs is 1. The maximum absolute atomic E-state index is 13.8. The Balaban J connectivity index is 1.50. The summed E-state index contributed by atoms with van der Waals surface area (Å²) in [6.45, 7) is 13.8. The van der Waals surface area contributed by atoms with Crippen LogP contribution in [-0.2, 0) is 4.74 Å². The lowest BCUT2D eigenvalue weighted by Gasteiger charge is -2.35. The molecule has 0 bridgehead atoms. The lowest BCUT2D eigenvalue weighted by molar-refractivity contribution is -0.0591. The predicted molar refractivity (Wildman–Crippen MR) is 143 cm³/mol. The molecule has 2 saturated heterocycles. The summed E-state index contributed by atoms with van der Waals surface area (Å²) < 4.78 is 18.7. The van der Waals surface area contributed by atoms with Crippen molar-refractivity contribution in [3.05, 3.63) is 53.8 Å². The summed E-state index contributed by atoms with van der Waals surface area (Å²) >= 11 is 0. The van der Waals surface area contributed by atoms with Crippen LogP contribution in [0.5, 0.6) is 5.75 Å². The molecule has 1 aromatic heterocycles. The number of furan rings is 1. The van der Waals surface area contributed by atoms with E-state index in [4.69, 9.17) is 13.9 Å². The molecule has 2 aliphatic heterocycles. The standard InChI is InChI=1S/C30H38N2O4/c1-19(2)31-13-11-24(12-14-31)35-26-16-27-25(15-20(26)3)28(23-9-7-6-8-10-23)29(36-27)30(33)32-17-21(4)34-22(5)18-32/h6-10,15-16,19,21-22,24H,11-14,17-18H2,1-5H3. The quantitative estimate of drug-likeness (QED) is 0.445. The Morgan fingerprint density at radius 1 is 1.03 bits per heavy atom. The van der Waals surface area contributed by atoms with E-state index in [1.54, 1.807) is 0 Å². The molecule has 192 valence electrons. The maximum atomic E-state index is 13.8. The largest absolute Gasteiger partial charge is 0.490 e. The van der Waals surface area contributed by atoms with Crippen LogP contribution < -0.4 is 4.74 Å². The van der Waals surface area contributed by atoms with Crippen LogP contribution in [0.25, 0.3) is 22.1 Å². The molecule has 2 atom stereocenters. The van der Waals surface area contributed by atoms with Crippen LogP contribution >= 0.6 is 0 Å². The number of amides is 1. The number of carbonyl (C=O) groups is 1. The Morgan fingerprint density at radius 2 is 1.69 bits per heavy atom. The fourth-order valence-corrected chi connectivity index (χ4v) is 5.58. The van der Waals surface area contributed by atoms with Gasteiger partial charge in [0.15, 0.2) is 0 Å². The van der Waals surface area contributed by atoms with Gasteiger partial charge in [0.2, 0.25) is 5.76 Å². The molecule has 0 radical (unpaired) electrons. The molecular weight excluding hydrogens is 452 g/mol. The van der Waals surface area contributed by atoms with Crippen LogP contribution in [0.2, 0.25) is 0 Å². The highest BCUT2D eigenvalue weighted by Gasteiger charge is 2.32. The summed E-state index contributed by atoms with van der Waals surface area (Å²) in [5.74, 6) is 1.14. The summed E-state index contributed by atoms with van der Waals surface area (Å²) in [6, 6.07) is 14.7. The van der Waals surface area contributed by atoms with E-state index in [0.29, 0.717) is 30.5 Å². The Hall–Kier alpha value is -2.83. The number of hydrogen-bond acceptors (Lipinski definition) is 5. The van der Waals surface area contributed by atoms with Gasteiger partial charge >= 0.3 is 0 Å². The van der Waals surface area contributed by atoms with Crippen molar-refractivity contribution in [3.63, 3.8) is 0 Å². The molecule has 6 heteroatoms. The zero-order valence-corrected chi connectivity index (χ0v) is 22.1. The number of carbonyl (C=O) groups excluding carboxylic acids is 1. The Kier molecular flexibility index (Phi) is 7.09. The van der Waals surface area contributed by atoms with E-state index < -0.39 is 0 Å². The average Bonchev–Trinajstić information content (AvgIpc) is 3.22. The molecule has 5 rings (SSSR count). The van der Waals surface area contributed by atoms with Gasteiger partial charge in [0.25, 0.3) is 5.91 Å². The summed E-state index contributed by atoms with van der Waals surface area (Å²) in [6.07, 6.45) is 2.20. The van der Waals surface area contributed by atoms with Gasteiger partial charge in [0.05, 0.1) is 12.2 Å². The molecule has 0 N–H and O–H groups in total. The molecule has 0 aliphatic carbocycles. The zero-order valence-electron chi connectivity index (χ0n) is 22.1. The van der Waals surface area contributed by atoms with Crippen molar-refractivity contribution in [2.45, 2.75) is 71.8 Å². The number of rotatable bonds is 5. The van der Waals surface area contributed by atoms with Crippen LogP contribution in [0.1, 0.15) is 56.7 Å². The third-order valence-corrected chi connectivity index (χ3v) is 7.45. The zero-order chi connectivity index (χ0) is 25.4. The van der Waals surface area contributed by atoms with Crippen molar-refractivity contribution in [2.75, 3.05) is 26.2 Å². The van der Waals surface area contributed by atoms with Crippen molar-refractivity contribution in [1.29, 1.82) is 0 Å². The second-order valence-electron chi connectivity index (χ2n) is 10.7. The lowest BCUT2D eigenvalue weighted by atomic mass is 9.99. The fraction of sp³-hybridized carbons (Fsp3) is 0.500. The van der Waals surface area contributed by atoms with Gasteiger partial charge in [-0.1, -0.05) is 30.3 Å². The summed E-state index contributed by atoms with van der Waals surface area (Å²) in [5.41, 5.74) is 3.57. The molecule has 0 spiro atoms. The Bertz CT molecular complexity index is 1200. The molecule has 1 amide bonds. The van der Waals surface area contributed by atoms with E-state index in [0.717, 1.165) is 53.8 Å². The monoisotopic (exact) mass is 490 g/mol. The molecule has 6 nitrogen and oxygen atoms in total. The third-order valence-electron chi connectivity index (χ3n) is 7.45. The second kappa shape index (κ2) is 10.3. The average molecular weight is 491 g/mol. The van der Waals surface area contributed by atoms with Crippen molar-refractivity contribution in [3.8, 4) is 16.9 Å². The van der Waals surface area contributed by atoms with Gasteiger partial charge < -0.3 is 23.7 Å². The summed E-state index contributed by atoms with van der Waals surface area (Å²) in [5, 5.41) is 0.943. The molecule has 3 heterocycles. The third kappa shape index (κ3) is 5.02. The van der Waals surface area contributed by atoms with Crippen LogP contribution in [0.15, 0.2) is 46.9 Å². The molecular formula is C30H38N2O4. The minimum Gasteiger partial charge on any atom is -0.490 e. The van der Waals surface area contributed by atoms with Gasteiger partial charge in [-0.05, 0) is 64.7 Å². The topological polar surface area (TPSA) is 55.2 Å². The molecule has 36 heavy (non-hydrogen) atoms. The maximum Gasteiger partial charge on any atom is 0.290 e. The van der Waals surface area contributed by atoms with E-state index in [1.807, 2.05) is 55.1 Å². The van der Waals surface area contributed by atoms with Gasteiger partial charge in [0, 0.05) is 49.2 Å². The van der Waals surface area contributed by atoms with Gasteiger partial charge in [-0.3, -0.25) is 4.79 Å². The fourth-order valence-electron chi connectivity index (χ4n) is 5.58. The van der Waals surface area contributed by atoms with Crippen molar-refractivity contribution in [1.82, 2.24) is 9.80 Å². The van der Waals surface area contributed by atoms with E-state index in [2.05, 4.69) is 31.7 Å². The van der Waals surface area contributed by atoms with Crippen molar-refractivity contribution >= 4 is 16.9 Å². The van der Waals surface area contributed by atoms with Crippen LogP contribution in [0, 0.1) is 6.92 Å². The molecule has 2 unspecified atom stereocenters. The first-order chi connectivity index (χ1) is 17.3. The van der Waals surface area contributed by atoms with Gasteiger partial charge in [-0.25, -0.2) is 0 Å². The Morgan fingerprint density at radius 3 is 2.33 bits per heavy atom. The first kappa shape index (κ1) is 24.8. The van der Waals surface area contributed by atoms with Gasteiger partial charge in [0.1, 0.15) is 17.4 Å². The predicted octanol–water partition coefficient (Wildman–Crippen LogP) is 5.91. The highest BCUT2D eigenvalue weighted by atomic mass is 16.5. The van der Waals surface area contributed by atoms with E-state index in [9.17, 15) is 4.79 Å². The van der Waals surface area contributed by atoms with E-state index in [1.165, 1.54) is 0 Å². The molecule has 2 fully saturated rings. The van der Waals surface area contributed by atoms with Gasteiger partial charge in [-0.2, -0.15) is 0 Å². The smallest absolute Gasteiger partial charge is 0.290 e. The highest BCUT2D eigenvalue weighted by Crippen LogP contribution is 2.39.